The Kier molecular flexibility index (Phi) is 4.53. The standard InChI is InChI=1S/C24H29NS2/c1-16-17(2)23(22-21(16)19-14-10-11-15-20(19)26-22)27(6,25-24(3,4)5)18-12-8-7-9-13-18/h7-15,23,25H,1-6H3. The summed E-state index contributed by atoms with van der Waals surface area (Å²) in [7, 11) is -1.29. The zero-order chi connectivity index (χ0) is 19.4. The molecule has 1 N–H and O–H groups in total. The molecule has 0 fully saturated rings. The fourth-order valence-corrected chi connectivity index (χ4v) is 10.4. The smallest absolute Gasteiger partial charge is 0.0605 e. The monoisotopic (exact) mass is 395 g/mol. The van der Waals surface area contributed by atoms with Gasteiger partial charge < -0.3 is 0 Å². The lowest BCUT2D eigenvalue weighted by atomic mass is 10.1. The van der Waals surface area contributed by atoms with Crippen LogP contribution < -0.4 is 4.72 Å². The molecule has 0 radical (unpaired) electrons. The lowest BCUT2D eigenvalue weighted by molar-refractivity contribution is 0.528. The van der Waals surface area contributed by atoms with Gasteiger partial charge in [0.1, 0.15) is 0 Å². The number of allylic oxidation sites excluding steroid dienone is 1. The Bertz CT molecular complexity index is 1020. The van der Waals surface area contributed by atoms with Gasteiger partial charge in [0, 0.05) is 31.0 Å². The van der Waals surface area contributed by atoms with Gasteiger partial charge in [0.05, 0.1) is 5.25 Å². The van der Waals surface area contributed by atoms with Crippen molar-refractivity contribution in [3.63, 3.8) is 0 Å². The number of hydrogen-bond acceptors (Lipinski definition) is 2. The molecule has 4 rings (SSSR count). The molecular formula is C24H29NS2. The van der Waals surface area contributed by atoms with Gasteiger partial charge in [-0.25, -0.2) is 0 Å². The molecule has 1 nitrogen and oxygen atoms in total. The summed E-state index contributed by atoms with van der Waals surface area (Å²) < 4.78 is 5.49. The van der Waals surface area contributed by atoms with Crippen molar-refractivity contribution < 1.29 is 0 Å². The molecule has 2 aromatic carbocycles. The minimum atomic E-state index is -1.29. The topological polar surface area (TPSA) is 12.0 Å². The average molecular weight is 396 g/mol. The summed E-state index contributed by atoms with van der Waals surface area (Å²) in [6.45, 7) is 11.5. The molecule has 27 heavy (non-hydrogen) atoms. The van der Waals surface area contributed by atoms with Crippen LogP contribution in [0.25, 0.3) is 15.7 Å². The Morgan fingerprint density at radius 2 is 1.56 bits per heavy atom. The first-order valence-corrected chi connectivity index (χ1v) is 12.4. The van der Waals surface area contributed by atoms with Gasteiger partial charge in [-0.05, 0) is 64.6 Å². The third kappa shape index (κ3) is 3.06. The molecule has 0 bridgehead atoms. The fraction of sp³-hybridized carbons (Fsp3) is 0.333. The molecule has 3 heteroatoms. The lowest BCUT2D eigenvalue weighted by Crippen LogP contribution is -2.39. The first-order chi connectivity index (χ1) is 12.7. The maximum absolute atomic E-state index is 4.08. The average Bonchev–Trinajstić information content (AvgIpc) is 3.09. The first-order valence-electron chi connectivity index (χ1n) is 9.53. The van der Waals surface area contributed by atoms with Crippen LogP contribution in [0.2, 0.25) is 0 Å². The maximum atomic E-state index is 4.08. The number of benzene rings is 2. The highest BCUT2D eigenvalue weighted by Gasteiger charge is 2.42. The van der Waals surface area contributed by atoms with E-state index in [4.69, 9.17) is 0 Å². The summed E-state index contributed by atoms with van der Waals surface area (Å²) in [6.07, 6.45) is 2.47. The van der Waals surface area contributed by atoms with Gasteiger partial charge in [-0.2, -0.15) is 10.2 Å². The van der Waals surface area contributed by atoms with Gasteiger partial charge in [-0.3, -0.25) is 4.72 Å². The van der Waals surface area contributed by atoms with Crippen LogP contribution in [-0.4, -0.2) is 11.8 Å². The highest BCUT2D eigenvalue weighted by Crippen LogP contribution is 2.69. The summed E-state index contributed by atoms with van der Waals surface area (Å²) in [5, 5.41) is 1.84. The fourth-order valence-electron chi connectivity index (χ4n) is 4.39. The Morgan fingerprint density at radius 1 is 0.926 bits per heavy atom. The van der Waals surface area contributed by atoms with Crippen LogP contribution in [0.5, 0.6) is 0 Å². The summed E-state index contributed by atoms with van der Waals surface area (Å²) in [4.78, 5) is 2.98. The van der Waals surface area contributed by atoms with Crippen LogP contribution in [0.1, 0.15) is 50.3 Å². The second-order valence-electron chi connectivity index (χ2n) is 8.67. The Hall–Kier alpha value is -1.55. The van der Waals surface area contributed by atoms with E-state index in [1.54, 1.807) is 4.88 Å². The van der Waals surface area contributed by atoms with E-state index < -0.39 is 10.2 Å². The second-order valence-corrected chi connectivity index (χ2v) is 12.9. The number of hydrogen-bond donors (Lipinski definition) is 1. The molecule has 142 valence electrons. The third-order valence-electron chi connectivity index (χ3n) is 5.44. The van der Waals surface area contributed by atoms with E-state index in [2.05, 4.69) is 100 Å². The van der Waals surface area contributed by atoms with E-state index in [1.165, 1.54) is 31.7 Å². The second kappa shape index (κ2) is 6.51. The molecule has 3 aromatic rings. The molecule has 1 heterocycles. The zero-order valence-electron chi connectivity index (χ0n) is 17.1. The molecule has 2 atom stereocenters. The highest BCUT2D eigenvalue weighted by molar-refractivity contribution is 8.32. The van der Waals surface area contributed by atoms with Gasteiger partial charge in [-0.1, -0.05) is 42.0 Å². The van der Waals surface area contributed by atoms with Crippen LogP contribution in [0.3, 0.4) is 0 Å². The maximum Gasteiger partial charge on any atom is 0.0605 e. The molecule has 0 amide bonds. The van der Waals surface area contributed by atoms with E-state index in [0.29, 0.717) is 5.25 Å². The largest absolute Gasteiger partial charge is 0.271 e. The summed E-state index contributed by atoms with van der Waals surface area (Å²) in [5.74, 6) is 0. The van der Waals surface area contributed by atoms with E-state index >= 15 is 0 Å². The van der Waals surface area contributed by atoms with Crippen molar-refractivity contribution >= 4 is 37.2 Å². The third-order valence-corrected chi connectivity index (χ3v) is 10.6. The van der Waals surface area contributed by atoms with Crippen molar-refractivity contribution in [3.05, 3.63) is 70.6 Å². The van der Waals surface area contributed by atoms with Crippen LogP contribution in [0, 0.1) is 0 Å². The summed E-state index contributed by atoms with van der Waals surface area (Å²) in [5.41, 5.74) is 4.54. The Labute approximate surface area is 169 Å². The van der Waals surface area contributed by atoms with Gasteiger partial charge in [0.2, 0.25) is 0 Å². The lowest BCUT2D eigenvalue weighted by Gasteiger charge is -2.48. The predicted molar refractivity (Wildman–Crippen MR) is 124 cm³/mol. The number of nitrogens with one attached hydrogen (secondary N) is 1. The van der Waals surface area contributed by atoms with E-state index in [0.717, 1.165) is 0 Å². The number of fused-ring (bicyclic) bond motifs is 3. The van der Waals surface area contributed by atoms with E-state index in [9.17, 15) is 0 Å². The number of thiophene rings is 1. The van der Waals surface area contributed by atoms with Crippen LogP contribution in [0.4, 0.5) is 0 Å². The normalized spacial score (nSPS) is 20.6. The zero-order valence-corrected chi connectivity index (χ0v) is 18.7. The minimum Gasteiger partial charge on any atom is -0.271 e. The molecule has 0 aliphatic heterocycles. The minimum absolute atomic E-state index is 0.0492. The Morgan fingerprint density at radius 3 is 2.22 bits per heavy atom. The van der Waals surface area contributed by atoms with E-state index in [1.807, 2.05) is 11.3 Å². The SMILES string of the molecule is CC1=C(C)C(S(C)(NC(C)(C)C)c2ccccc2)c2sc3ccccc3c21. The molecule has 0 saturated carbocycles. The van der Waals surface area contributed by atoms with Gasteiger partial charge in [-0.15, -0.1) is 11.3 Å². The molecule has 2 unspecified atom stereocenters. The molecule has 0 spiro atoms. The van der Waals surface area contributed by atoms with Gasteiger partial charge >= 0.3 is 0 Å². The van der Waals surface area contributed by atoms with Crippen molar-refractivity contribution in [1.82, 2.24) is 4.72 Å². The molecule has 1 aromatic heterocycles. The molecule has 0 saturated heterocycles. The first kappa shape index (κ1) is 18.8. The number of rotatable bonds is 3. The van der Waals surface area contributed by atoms with Crippen molar-refractivity contribution in [2.75, 3.05) is 6.26 Å². The van der Waals surface area contributed by atoms with Crippen LogP contribution >= 0.6 is 21.6 Å². The van der Waals surface area contributed by atoms with Crippen molar-refractivity contribution in [3.8, 4) is 0 Å². The van der Waals surface area contributed by atoms with Crippen molar-refractivity contribution in [2.24, 2.45) is 0 Å². The van der Waals surface area contributed by atoms with Crippen molar-refractivity contribution in [2.45, 2.75) is 50.3 Å². The molecule has 1 aliphatic rings. The highest BCUT2D eigenvalue weighted by atomic mass is 32.3. The predicted octanol–water partition coefficient (Wildman–Crippen LogP) is 7.55. The van der Waals surface area contributed by atoms with Crippen molar-refractivity contribution in [1.29, 1.82) is 0 Å². The van der Waals surface area contributed by atoms with Gasteiger partial charge in [0.15, 0.2) is 0 Å². The molecule has 1 aliphatic carbocycles. The van der Waals surface area contributed by atoms with Crippen LogP contribution in [-0.2, 0) is 0 Å². The summed E-state index contributed by atoms with van der Waals surface area (Å²) in [6, 6.07) is 20.0. The van der Waals surface area contributed by atoms with Crippen LogP contribution in [0.15, 0.2) is 65.1 Å². The Balaban J connectivity index is 1.97. The summed E-state index contributed by atoms with van der Waals surface area (Å²) >= 11 is 1.99. The van der Waals surface area contributed by atoms with Gasteiger partial charge in [0.25, 0.3) is 0 Å². The molecular weight excluding hydrogens is 366 g/mol. The van der Waals surface area contributed by atoms with E-state index in [-0.39, 0.29) is 5.54 Å². The quantitative estimate of drug-likeness (QED) is 0.483.